The minimum absolute atomic E-state index is 0.0162. The molecule has 1 aliphatic carbocycles. The first-order valence-corrected chi connectivity index (χ1v) is 6.47. The highest BCUT2D eigenvalue weighted by Gasteiger charge is 2.40. The molecule has 0 saturated carbocycles. The first kappa shape index (κ1) is 13.7. The van der Waals surface area contributed by atoms with Gasteiger partial charge in [0.05, 0.1) is 0 Å². The molecule has 3 nitrogen and oxygen atoms in total. The molecule has 2 rings (SSSR count). The Balaban J connectivity index is 2.54. The van der Waals surface area contributed by atoms with Crippen LogP contribution in [0.4, 0.5) is 0 Å². The van der Waals surface area contributed by atoms with Crippen molar-refractivity contribution < 1.29 is 15.3 Å². The van der Waals surface area contributed by atoms with Crippen molar-refractivity contribution >= 4 is 0 Å². The number of hydrogen-bond acceptors (Lipinski definition) is 3. The van der Waals surface area contributed by atoms with Gasteiger partial charge in [0.2, 0.25) is 0 Å². The van der Waals surface area contributed by atoms with Gasteiger partial charge in [-0.15, -0.1) is 0 Å². The van der Waals surface area contributed by atoms with Crippen molar-refractivity contribution in [1.29, 1.82) is 0 Å². The zero-order chi connectivity index (χ0) is 14.2. The Kier molecular flexibility index (Phi) is 3.42. The molecule has 2 atom stereocenters. The number of phenols is 2. The van der Waals surface area contributed by atoms with Gasteiger partial charge in [-0.05, 0) is 31.1 Å². The topological polar surface area (TPSA) is 60.7 Å². The molecule has 0 heterocycles. The van der Waals surface area contributed by atoms with Gasteiger partial charge in [-0.25, -0.2) is 0 Å². The summed E-state index contributed by atoms with van der Waals surface area (Å²) in [5, 5.41) is 30.4. The monoisotopic (exact) mass is 260 g/mol. The highest BCUT2D eigenvalue weighted by molar-refractivity contribution is 5.47. The molecule has 1 aliphatic rings. The predicted molar refractivity (Wildman–Crippen MR) is 74.9 cm³/mol. The Labute approximate surface area is 113 Å². The maximum atomic E-state index is 11.0. The van der Waals surface area contributed by atoms with Gasteiger partial charge < -0.3 is 15.3 Å². The molecule has 0 spiro atoms. The van der Waals surface area contributed by atoms with Gasteiger partial charge in [0.1, 0.15) is 17.1 Å². The summed E-state index contributed by atoms with van der Waals surface area (Å²) in [5.74, 6) is -0.00532. The molecule has 0 saturated heterocycles. The zero-order valence-electron chi connectivity index (χ0n) is 11.5. The van der Waals surface area contributed by atoms with Crippen LogP contribution in [0.3, 0.4) is 0 Å². The SMILES string of the molecule is CC1=CC(C(C)C)C(O)(c2ccc(O)cc2O)C=C1. The standard InChI is InChI=1S/C16H20O3/c1-10(2)14-8-11(3)6-7-16(14,19)13-5-4-12(17)9-15(13)18/h4-10,14,17-19H,1-3H3. The van der Waals surface area contributed by atoms with E-state index in [0.717, 1.165) is 5.57 Å². The molecule has 3 heteroatoms. The van der Waals surface area contributed by atoms with Gasteiger partial charge >= 0.3 is 0 Å². The average molecular weight is 260 g/mol. The Morgan fingerprint density at radius 3 is 2.47 bits per heavy atom. The van der Waals surface area contributed by atoms with Crippen molar-refractivity contribution in [3.05, 3.63) is 47.6 Å². The molecule has 0 amide bonds. The lowest BCUT2D eigenvalue weighted by Crippen LogP contribution is -2.37. The lowest BCUT2D eigenvalue weighted by atomic mass is 9.71. The molecule has 0 bridgehead atoms. The fraction of sp³-hybridized carbons (Fsp3) is 0.375. The van der Waals surface area contributed by atoms with E-state index in [4.69, 9.17) is 0 Å². The maximum Gasteiger partial charge on any atom is 0.125 e. The van der Waals surface area contributed by atoms with E-state index in [1.54, 1.807) is 12.1 Å². The van der Waals surface area contributed by atoms with Crippen molar-refractivity contribution in [3.8, 4) is 11.5 Å². The number of hydrogen-bond donors (Lipinski definition) is 3. The fourth-order valence-electron chi connectivity index (χ4n) is 2.66. The summed E-state index contributed by atoms with van der Waals surface area (Å²) >= 11 is 0. The highest BCUT2D eigenvalue weighted by Crippen LogP contribution is 2.44. The van der Waals surface area contributed by atoms with Crippen molar-refractivity contribution in [1.82, 2.24) is 0 Å². The molecule has 19 heavy (non-hydrogen) atoms. The summed E-state index contributed by atoms with van der Waals surface area (Å²) in [5.41, 5.74) is 0.275. The minimum atomic E-state index is -1.24. The Hall–Kier alpha value is -1.74. The third-order valence-electron chi connectivity index (χ3n) is 3.68. The maximum absolute atomic E-state index is 11.0. The first-order chi connectivity index (χ1) is 8.84. The lowest BCUT2D eigenvalue weighted by molar-refractivity contribution is 0.0212. The molecule has 3 N–H and O–H groups in total. The van der Waals surface area contributed by atoms with Crippen molar-refractivity contribution in [2.75, 3.05) is 0 Å². The van der Waals surface area contributed by atoms with Crippen LogP contribution in [0.5, 0.6) is 11.5 Å². The van der Waals surface area contributed by atoms with E-state index in [0.29, 0.717) is 5.56 Å². The van der Waals surface area contributed by atoms with E-state index in [9.17, 15) is 15.3 Å². The van der Waals surface area contributed by atoms with Gasteiger partial charge in [0.25, 0.3) is 0 Å². The third kappa shape index (κ3) is 2.38. The van der Waals surface area contributed by atoms with Crippen LogP contribution >= 0.6 is 0 Å². The summed E-state index contributed by atoms with van der Waals surface area (Å²) in [7, 11) is 0. The molecule has 1 aromatic rings. The Morgan fingerprint density at radius 1 is 1.21 bits per heavy atom. The molecule has 2 unspecified atom stereocenters. The van der Waals surface area contributed by atoms with E-state index in [-0.39, 0.29) is 23.3 Å². The Morgan fingerprint density at radius 2 is 1.89 bits per heavy atom. The number of benzene rings is 1. The molecule has 1 aromatic carbocycles. The second-order valence-electron chi connectivity index (χ2n) is 5.54. The van der Waals surface area contributed by atoms with E-state index in [2.05, 4.69) is 0 Å². The van der Waals surface area contributed by atoms with Crippen LogP contribution in [-0.4, -0.2) is 15.3 Å². The van der Waals surface area contributed by atoms with E-state index in [1.807, 2.05) is 32.9 Å². The van der Waals surface area contributed by atoms with Crippen molar-refractivity contribution in [2.24, 2.45) is 11.8 Å². The second kappa shape index (κ2) is 4.74. The van der Waals surface area contributed by atoms with E-state index < -0.39 is 5.60 Å². The van der Waals surface area contributed by atoms with Gasteiger partial charge in [0.15, 0.2) is 0 Å². The van der Waals surface area contributed by atoms with Gasteiger partial charge in [-0.1, -0.05) is 31.6 Å². The second-order valence-corrected chi connectivity index (χ2v) is 5.54. The van der Waals surface area contributed by atoms with E-state index >= 15 is 0 Å². The normalized spacial score (nSPS) is 26.6. The summed E-state index contributed by atoms with van der Waals surface area (Å²) in [6.45, 7) is 6.06. The first-order valence-electron chi connectivity index (χ1n) is 6.47. The van der Waals surface area contributed by atoms with E-state index in [1.165, 1.54) is 12.1 Å². The summed E-state index contributed by atoms with van der Waals surface area (Å²) < 4.78 is 0. The minimum Gasteiger partial charge on any atom is -0.508 e. The van der Waals surface area contributed by atoms with Crippen LogP contribution in [0.1, 0.15) is 26.3 Å². The Bertz CT molecular complexity index is 543. The summed E-state index contributed by atoms with van der Waals surface area (Å²) in [4.78, 5) is 0. The number of rotatable bonds is 2. The quantitative estimate of drug-likeness (QED) is 0.766. The number of allylic oxidation sites excluding steroid dienone is 2. The zero-order valence-corrected chi connectivity index (χ0v) is 11.5. The highest BCUT2D eigenvalue weighted by atomic mass is 16.3. The lowest BCUT2D eigenvalue weighted by Gasteiger charge is -2.38. The summed E-state index contributed by atoms with van der Waals surface area (Å²) in [6.07, 6.45) is 5.60. The van der Waals surface area contributed by atoms with Crippen LogP contribution in [0.25, 0.3) is 0 Å². The molecule has 0 aliphatic heterocycles. The predicted octanol–water partition coefficient (Wildman–Crippen LogP) is 3.07. The smallest absolute Gasteiger partial charge is 0.125 e. The van der Waals surface area contributed by atoms with Crippen LogP contribution < -0.4 is 0 Å². The molecule has 0 aromatic heterocycles. The molecule has 0 radical (unpaired) electrons. The van der Waals surface area contributed by atoms with Gasteiger partial charge in [-0.2, -0.15) is 0 Å². The number of aliphatic hydroxyl groups is 1. The van der Waals surface area contributed by atoms with Crippen LogP contribution in [-0.2, 0) is 5.60 Å². The largest absolute Gasteiger partial charge is 0.508 e. The van der Waals surface area contributed by atoms with Gasteiger partial charge in [0, 0.05) is 17.5 Å². The van der Waals surface area contributed by atoms with Crippen molar-refractivity contribution in [3.63, 3.8) is 0 Å². The van der Waals surface area contributed by atoms with Crippen LogP contribution in [0.2, 0.25) is 0 Å². The molecular weight excluding hydrogens is 240 g/mol. The molecule has 102 valence electrons. The number of phenolic OH excluding ortho intramolecular Hbond substituents is 2. The molecule has 0 fully saturated rings. The fourth-order valence-corrected chi connectivity index (χ4v) is 2.66. The third-order valence-corrected chi connectivity index (χ3v) is 3.68. The van der Waals surface area contributed by atoms with Crippen molar-refractivity contribution in [2.45, 2.75) is 26.4 Å². The number of aromatic hydroxyl groups is 2. The van der Waals surface area contributed by atoms with Crippen LogP contribution in [0, 0.1) is 11.8 Å². The summed E-state index contributed by atoms with van der Waals surface area (Å²) in [6, 6.07) is 4.30. The molecular formula is C16H20O3. The average Bonchev–Trinajstić information content (AvgIpc) is 2.32. The van der Waals surface area contributed by atoms with Gasteiger partial charge in [-0.3, -0.25) is 0 Å². The van der Waals surface area contributed by atoms with Crippen LogP contribution in [0.15, 0.2) is 42.0 Å².